The number of piperazine rings is 1. The summed E-state index contributed by atoms with van der Waals surface area (Å²) in [6.45, 7) is 4.51. The number of ether oxygens (including phenoxy) is 1. The smallest absolute Gasteiger partial charge is 0.225 e. The van der Waals surface area contributed by atoms with Crippen LogP contribution in [0.25, 0.3) is 10.9 Å². The van der Waals surface area contributed by atoms with E-state index in [9.17, 15) is 8.78 Å². The molecule has 0 atom stereocenters. The van der Waals surface area contributed by atoms with Gasteiger partial charge in [-0.25, -0.2) is 18.7 Å². The number of nitrogens with one attached hydrogen (secondary N) is 1. The highest BCUT2D eigenvalue weighted by Crippen LogP contribution is 2.22. The third kappa shape index (κ3) is 5.44. The van der Waals surface area contributed by atoms with Gasteiger partial charge < -0.3 is 14.6 Å². The second-order valence-electron chi connectivity index (χ2n) is 8.86. The zero-order valence-electron chi connectivity index (χ0n) is 19.8. The number of H-pyrrole nitrogens is 1. The van der Waals surface area contributed by atoms with Gasteiger partial charge in [0.2, 0.25) is 5.95 Å². The molecule has 0 unspecified atom stereocenters. The molecule has 7 nitrogen and oxygen atoms in total. The molecule has 1 aliphatic heterocycles. The van der Waals surface area contributed by atoms with Gasteiger partial charge in [-0.3, -0.25) is 4.90 Å². The Labute approximate surface area is 208 Å². The minimum Gasteiger partial charge on any atom is -0.486 e. The largest absolute Gasteiger partial charge is 0.486 e. The molecule has 0 amide bonds. The van der Waals surface area contributed by atoms with Crippen LogP contribution < -0.4 is 9.64 Å². The molecule has 4 aromatic rings. The van der Waals surface area contributed by atoms with Gasteiger partial charge in [0.05, 0.1) is 24.0 Å². The lowest BCUT2D eigenvalue weighted by atomic mass is 10.1. The van der Waals surface area contributed by atoms with E-state index in [0.717, 1.165) is 62.5 Å². The standard InChI is InChI=1S/C27H26F2N6O/c28-22-5-4-21(25(29)13-22)18-36-23-16-32-27(33-17-23)35-10-8-34(9-11-35)7-1-2-20-15-31-26-6-3-19(14-30)12-24(20)26/h3-6,12-13,15-17,31H,1-2,7-11,18H2. The van der Waals surface area contributed by atoms with Crippen LogP contribution >= 0.6 is 0 Å². The first-order chi connectivity index (χ1) is 17.6. The van der Waals surface area contributed by atoms with Gasteiger partial charge >= 0.3 is 0 Å². The van der Waals surface area contributed by atoms with Crippen LogP contribution in [0.2, 0.25) is 0 Å². The molecule has 3 heterocycles. The number of aromatic nitrogens is 3. The summed E-state index contributed by atoms with van der Waals surface area (Å²) in [5.41, 5.74) is 3.27. The normalized spacial score (nSPS) is 14.2. The van der Waals surface area contributed by atoms with Crippen molar-refractivity contribution in [2.45, 2.75) is 19.4 Å². The number of nitrogens with zero attached hydrogens (tertiary/aromatic N) is 5. The van der Waals surface area contributed by atoms with Gasteiger partial charge in [-0.15, -0.1) is 0 Å². The molecule has 0 saturated carbocycles. The third-order valence-electron chi connectivity index (χ3n) is 6.50. The van der Waals surface area contributed by atoms with Crippen LogP contribution in [0.5, 0.6) is 5.75 Å². The van der Waals surface area contributed by atoms with Crippen LogP contribution in [0, 0.1) is 23.0 Å². The molecule has 2 aromatic carbocycles. The highest BCUT2D eigenvalue weighted by atomic mass is 19.1. The minimum absolute atomic E-state index is 0.0223. The molecule has 36 heavy (non-hydrogen) atoms. The Kier molecular flexibility index (Phi) is 7.05. The molecular weight excluding hydrogens is 462 g/mol. The highest BCUT2D eigenvalue weighted by Gasteiger charge is 2.19. The Bertz CT molecular complexity index is 1370. The van der Waals surface area contributed by atoms with Gasteiger partial charge in [-0.1, -0.05) is 0 Å². The molecule has 0 spiro atoms. The molecule has 2 aromatic heterocycles. The molecule has 1 N–H and O–H groups in total. The molecule has 1 saturated heterocycles. The summed E-state index contributed by atoms with van der Waals surface area (Å²) >= 11 is 0. The fourth-order valence-corrected chi connectivity index (χ4v) is 4.47. The summed E-state index contributed by atoms with van der Waals surface area (Å²) in [5.74, 6) is -0.184. The number of hydrogen-bond donors (Lipinski definition) is 1. The van der Waals surface area contributed by atoms with Crippen LogP contribution in [0.1, 0.15) is 23.1 Å². The Morgan fingerprint density at radius 2 is 1.81 bits per heavy atom. The Hall–Kier alpha value is -4.03. The fraction of sp³-hybridized carbons (Fsp3) is 0.296. The molecule has 0 aliphatic carbocycles. The predicted octanol–water partition coefficient (Wildman–Crippen LogP) is 4.44. The monoisotopic (exact) mass is 488 g/mol. The summed E-state index contributed by atoms with van der Waals surface area (Å²) in [6.07, 6.45) is 7.21. The summed E-state index contributed by atoms with van der Waals surface area (Å²) < 4.78 is 32.3. The van der Waals surface area contributed by atoms with E-state index in [1.165, 1.54) is 17.7 Å². The molecule has 9 heteroatoms. The first-order valence-corrected chi connectivity index (χ1v) is 12.0. The van der Waals surface area contributed by atoms with Crippen LogP contribution in [0.15, 0.2) is 55.0 Å². The summed E-state index contributed by atoms with van der Waals surface area (Å²) in [5, 5.41) is 10.3. The van der Waals surface area contributed by atoms with E-state index in [0.29, 0.717) is 17.3 Å². The second kappa shape index (κ2) is 10.7. The lowest BCUT2D eigenvalue weighted by Crippen LogP contribution is -2.47. The van der Waals surface area contributed by atoms with Crippen LogP contribution in [0.3, 0.4) is 0 Å². The molecule has 1 fully saturated rings. The fourth-order valence-electron chi connectivity index (χ4n) is 4.47. The number of hydrogen-bond acceptors (Lipinski definition) is 6. The molecule has 0 bridgehead atoms. The zero-order chi connectivity index (χ0) is 24.9. The van der Waals surface area contributed by atoms with Crippen molar-refractivity contribution in [2.24, 2.45) is 0 Å². The first kappa shape index (κ1) is 23.7. The third-order valence-corrected chi connectivity index (χ3v) is 6.50. The van der Waals surface area contributed by atoms with Gasteiger partial charge in [0.25, 0.3) is 0 Å². The molecule has 0 radical (unpaired) electrons. The van der Waals surface area contributed by atoms with Crippen LogP contribution in [-0.4, -0.2) is 52.6 Å². The lowest BCUT2D eigenvalue weighted by molar-refractivity contribution is 0.254. The van der Waals surface area contributed by atoms with Crippen molar-refractivity contribution in [3.63, 3.8) is 0 Å². The number of fused-ring (bicyclic) bond motifs is 1. The van der Waals surface area contributed by atoms with Crippen molar-refractivity contribution < 1.29 is 13.5 Å². The second-order valence-corrected chi connectivity index (χ2v) is 8.86. The quantitative estimate of drug-likeness (QED) is 0.395. The predicted molar refractivity (Wildman–Crippen MR) is 133 cm³/mol. The van der Waals surface area contributed by atoms with Crippen molar-refractivity contribution in [2.75, 3.05) is 37.6 Å². The van der Waals surface area contributed by atoms with Gasteiger partial charge in [0.1, 0.15) is 18.2 Å². The highest BCUT2D eigenvalue weighted by molar-refractivity contribution is 5.84. The maximum Gasteiger partial charge on any atom is 0.225 e. The average Bonchev–Trinajstić information content (AvgIpc) is 3.31. The summed E-state index contributed by atoms with van der Waals surface area (Å²) in [4.78, 5) is 16.7. The van der Waals surface area contributed by atoms with Crippen LogP contribution in [-0.2, 0) is 13.0 Å². The van der Waals surface area contributed by atoms with Crippen molar-refractivity contribution in [1.29, 1.82) is 5.26 Å². The van der Waals surface area contributed by atoms with Crippen molar-refractivity contribution >= 4 is 16.9 Å². The molecule has 5 rings (SSSR count). The molecule has 1 aliphatic rings. The topological polar surface area (TPSA) is 81.1 Å². The van der Waals surface area contributed by atoms with E-state index in [1.54, 1.807) is 12.4 Å². The Balaban J connectivity index is 1.07. The number of aryl methyl sites for hydroxylation is 1. The van der Waals surface area contributed by atoms with Crippen molar-refractivity contribution in [3.8, 4) is 11.8 Å². The molecule has 184 valence electrons. The van der Waals surface area contributed by atoms with Crippen molar-refractivity contribution in [3.05, 3.63) is 83.3 Å². The van der Waals surface area contributed by atoms with E-state index in [4.69, 9.17) is 10.00 Å². The molecular formula is C27H26F2N6O. The number of nitriles is 1. The van der Waals surface area contributed by atoms with E-state index in [2.05, 4.69) is 30.8 Å². The lowest BCUT2D eigenvalue weighted by Gasteiger charge is -2.34. The number of benzene rings is 2. The van der Waals surface area contributed by atoms with Gasteiger partial charge in [0, 0.05) is 54.9 Å². The Morgan fingerprint density at radius 1 is 1.00 bits per heavy atom. The van der Waals surface area contributed by atoms with Crippen LogP contribution in [0.4, 0.5) is 14.7 Å². The number of rotatable bonds is 8. The summed E-state index contributed by atoms with van der Waals surface area (Å²) in [7, 11) is 0. The first-order valence-electron chi connectivity index (χ1n) is 12.0. The number of aromatic amines is 1. The SMILES string of the molecule is N#Cc1ccc2[nH]cc(CCCN3CCN(c4ncc(OCc5ccc(F)cc5F)cn4)CC3)c2c1. The van der Waals surface area contributed by atoms with Gasteiger partial charge in [-0.2, -0.15) is 5.26 Å². The van der Waals surface area contributed by atoms with Crippen molar-refractivity contribution in [1.82, 2.24) is 19.9 Å². The maximum absolute atomic E-state index is 13.8. The van der Waals surface area contributed by atoms with E-state index in [1.807, 2.05) is 24.4 Å². The van der Waals surface area contributed by atoms with E-state index < -0.39 is 11.6 Å². The van der Waals surface area contributed by atoms with Gasteiger partial charge in [0.15, 0.2) is 5.75 Å². The minimum atomic E-state index is -0.639. The summed E-state index contributed by atoms with van der Waals surface area (Å²) in [6, 6.07) is 11.4. The Morgan fingerprint density at radius 3 is 2.56 bits per heavy atom. The van der Waals surface area contributed by atoms with E-state index >= 15 is 0 Å². The zero-order valence-corrected chi connectivity index (χ0v) is 19.8. The average molecular weight is 489 g/mol. The maximum atomic E-state index is 13.8. The number of halogens is 2. The number of anilines is 1. The van der Waals surface area contributed by atoms with E-state index in [-0.39, 0.29) is 12.2 Å². The van der Waals surface area contributed by atoms with Gasteiger partial charge in [-0.05, 0) is 55.3 Å².